The molecule has 0 aliphatic heterocycles. The van der Waals surface area contributed by atoms with E-state index in [1.54, 1.807) is 0 Å². The zero-order valence-corrected chi connectivity index (χ0v) is 34.9. The molecular formula is C54H36N4OPd. The molecule has 0 amide bonds. The summed E-state index contributed by atoms with van der Waals surface area (Å²) >= 11 is 0. The van der Waals surface area contributed by atoms with Crippen LogP contribution in [-0.4, -0.2) is 18.8 Å². The fraction of sp³-hybridized carbons (Fsp3) is 0.0741. The van der Waals surface area contributed by atoms with E-state index in [0.29, 0.717) is 11.5 Å². The molecule has 6 heteroatoms. The second-order valence-electron chi connectivity index (χ2n) is 15.8. The van der Waals surface area contributed by atoms with Crippen LogP contribution in [0.25, 0.3) is 99.0 Å². The average Bonchev–Trinajstić information content (AvgIpc) is 3.84. The van der Waals surface area contributed by atoms with Crippen molar-refractivity contribution in [3.63, 3.8) is 0 Å². The first-order valence-electron chi connectivity index (χ1n) is 20.1. The first-order valence-corrected chi connectivity index (χ1v) is 20.1. The van der Waals surface area contributed by atoms with Gasteiger partial charge in [-0.3, -0.25) is 9.97 Å². The van der Waals surface area contributed by atoms with Crippen LogP contribution in [0.3, 0.4) is 0 Å². The average molecular weight is 863 g/mol. The number of hydrogen-bond donors (Lipinski definition) is 0. The predicted molar refractivity (Wildman–Crippen MR) is 243 cm³/mol. The first-order chi connectivity index (χ1) is 28.9. The number of aryl methyl sites for hydroxylation is 4. The third-order valence-electron chi connectivity index (χ3n) is 12.2. The van der Waals surface area contributed by atoms with Crippen LogP contribution in [-0.2, 0) is 20.4 Å². The van der Waals surface area contributed by atoms with E-state index >= 15 is 0 Å². The van der Waals surface area contributed by atoms with Crippen molar-refractivity contribution in [3.05, 3.63) is 180 Å². The number of imidazole rings is 2. The van der Waals surface area contributed by atoms with Gasteiger partial charge in [-0.2, -0.15) is 0 Å². The molecule has 0 aliphatic rings. The zero-order valence-electron chi connectivity index (χ0n) is 33.4. The monoisotopic (exact) mass is 862 g/mol. The Morgan fingerprint density at radius 3 is 1.57 bits per heavy atom. The molecule has 12 rings (SSSR count). The quantitative estimate of drug-likeness (QED) is 0.101. The maximum Gasteiger partial charge on any atom is 2.00 e. The topological polar surface area (TPSA) is 43.8 Å². The molecule has 0 fully saturated rings. The van der Waals surface area contributed by atoms with E-state index in [0.717, 1.165) is 76.7 Å². The van der Waals surface area contributed by atoms with E-state index < -0.39 is 0 Å². The summed E-state index contributed by atoms with van der Waals surface area (Å²) in [6.07, 6.45) is 0. The summed E-state index contributed by atoms with van der Waals surface area (Å²) in [4.78, 5) is 10.4. The van der Waals surface area contributed by atoms with Crippen LogP contribution in [0.2, 0.25) is 0 Å². The minimum atomic E-state index is 0. The van der Waals surface area contributed by atoms with Crippen LogP contribution in [0.5, 0.6) is 11.5 Å². The maximum absolute atomic E-state index is 6.73. The number of para-hydroxylation sites is 5. The third kappa shape index (κ3) is 5.28. The largest absolute Gasteiger partial charge is 2.00 e. The third-order valence-corrected chi connectivity index (χ3v) is 12.2. The molecule has 0 radical (unpaired) electrons. The fourth-order valence-corrected chi connectivity index (χ4v) is 9.67. The Labute approximate surface area is 360 Å². The molecule has 4 heterocycles. The standard InChI is InChI=1S/C54H36N4O.Pd/c1-31-13-11-14-32(2)50(31)35-27-41-39-26-24-37(59-36-23-25-38-40-17-5-8-20-47(40)57-48-21-9-6-18-45(48)55-53(57)42(38)29-36)30-43(39)54-56-46-19-7-10-22-49(46)58(54)52(41)44(28-35)51-33(3)15-12-16-34(51)4;/h5-28H,1-4H3;/q-2;+2. The van der Waals surface area contributed by atoms with Gasteiger partial charge in [-0.1, -0.05) is 131 Å². The van der Waals surface area contributed by atoms with Crippen molar-refractivity contribution in [3.8, 4) is 33.8 Å². The maximum atomic E-state index is 6.73. The van der Waals surface area contributed by atoms with Crippen molar-refractivity contribution < 1.29 is 25.2 Å². The summed E-state index contributed by atoms with van der Waals surface area (Å²) in [6.45, 7) is 8.85. The number of ether oxygens (including phenoxy) is 1. The number of rotatable bonds is 4. The minimum Gasteiger partial charge on any atom is -0.497 e. The van der Waals surface area contributed by atoms with Gasteiger partial charge in [-0.25, -0.2) is 0 Å². The Hall–Kier alpha value is -6.84. The summed E-state index contributed by atoms with van der Waals surface area (Å²) < 4.78 is 11.3. The van der Waals surface area contributed by atoms with Crippen LogP contribution in [0.15, 0.2) is 146 Å². The number of hydrogen-bond acceptors (Lipinski definition) is 3. The molecule has 0 unspecified atom stereocenters. The number of nitrogens with zero attached hydrogens (tertiary/aromatic N) is 4. The second-order valence-corrected chi connectivity index (χ2v) is 15.8. The fourth-order valence-electron chi connectivity index (χ4n) is 9.67. The summed E-state index contributed by atoms with van der Waals surface area (Å²) in [5, 5.41) is 6.22. The molecule has 12 aromatic rings. The van der Waals surface area contributed by atoms with Crippen LogP contribution < -0.4 is 4.74 Å². The van der Waals surface area contributed by atoms with Crippen molar-refractivity contribution in [1.29, 1.82) is 0 Å². The van der Waals surface area contributed by atoms with Crippen molar-refractivity contribution in [2.24, 2.45) is 0 Å². The van der Waals surface area contributed by atoms with Gasteiger partial charge >= 0.3 is 20.4 Å². The van der Waals surface area contributed by atoms with E-state index in [1.807, 2.05) is 18.2 Å². The number of benzene rings is 8. The van der Waals surface area contributed by atoms with Gasteiger partial charge in [-0.15, -0.1) is 12.1 Å². The summed E-state index contributed by atoms with van der Waals surface area (Å²) in [7, 11) is 0. The number of fused-ring (bicyclic) bond motifs is 16. The van der Waals surface area contributed by atoms with Gasteiger partial charge in [-0.05, 0) is 114 Å². The molecule has 60 heavy (non-hydrogen) atoms. The Balaban J connectivity index is 0.00000408. The van der Waals surface area contributed by atoms with Gasteiger partial charge in [0.2, 0.25) is 0 Å². The Morgan fingerprint density at radius 2 is 0.950 bits per heavy atom. The number of aromatic nitrogens is 4. The smallest absolute Gasteiger partial charge is 0.497 e. The van der Waals surface area contributed by atoms with Crippen LogP contribution in [0.1, 0.15) is 22.3 Å². The second kappa shape index (κ2) is 13.6. The van der Waals surface area contributed by atoms with E-state index in [4.69, 9.17) is 14.7 Å². The molecular weight excluding hydrogens is 827 g/mol. The molecule has 0 spiro atoms. The van der Waals surface area contributed by atoms with Crippen LogP contribution in [0.4, 0.5) is 0 Å². The Kier molecular flexibility index (Phi) is 8.22. The first kappa shape index (κ1) is 36.3. The van der Waals surface area contributed by atoms with Gasteiger partial charge in [0.05, 0.1) is 33.4 Å². The normalized spacial score (nSPS) is 11.9. The van der Waals surface area contributed by atoms with Gasteiger partial charge < -0.3 is 13.5 Å². The van der Waals surface area contributed by atoms with Gasteiger partial charge in [0.15, 0.2) is 0 Å². The van der Waals surface area contributed by atoms with Crippen LogP contribution in [0, 0.1) is 39.8 Å². The van der Waals surface area contributed by atoms with Crippen molar-refractivity contribution in [2.75, 3.05) is 0 Å². The van der Waals surface area contributed by atoms with Crippen molar-refractivity contribution in [1.82, 2.24) is 18.8 Å². The van der Waals surface area contributed by atoms with E-state index in [2.05, 4.69) is 176 Å². The SMILES string of the molecule is Cc1cccc(C)c1-c1cc(-c2c(C)cccc2C)c2c(c1)c1ccc(Oc3[c-]c4c(cc3)c3ccccc3n3c5ccccc5nc43)[c-]c1c1nc3ccccc3n12.[Pd+2]. The molecule has 0 saturated heterocycles. The Bertz CT molecular complexity index is 3720. The molecule has 0 N–H and O–H groups in total. The predicted octanol–water partition coefficient (Wildman–Crippen LogP) is 13.9. The Morgan fingerprint density at radius 1 is 0.450 bits per heavy atom. The molecule has 0 aliphatic carbocycles. The van der Waals surface area contributed by atoms with Crippen LogP contribution >= 0.6 is 0 Å². The molecule has 0 atom stereocenters. The molecule has 0 bridgehead atoms. The van der Waals surface area contributed by atoms with E-state index in [-0.39, 0.29) is 20.4 Å². The van der Waals surface area contributed by atoms with E-state index in [9.17, 15) is 0 Å². The minimum absolute atomic E-state index is 0. The molecule has 5 nitrogen and oxygen atoms in total. The molecule has 0 saturated carbocycles. The molecule has 288 valence electrons. The van der Waals surface area contributed by atoms with Crippen molar-refractivity contribution in [2.45, 2.75) is 27.7 Å². The summed E-state index contributed by atoms with van der Waals surface area (Å²) in [5.74, 6) is 1.19. The van der Waals surface area contributed by atoms with Gasteiger partial charge in [0.1, 0.15) is 0 Å². The summed E-state index contributed by atoms with van der Waals surface area (Å²) in [6, 6.07) is 58.8. The summed E-state index contributed by atoms with van der Waals surface area (Å²) in [5.41, 5.74) is 17.7. The molecule has 4 aromatic heterocycles. The van der Waals surface area contributed by atoms with Gasteiger partial charge in [0, 0.05) is 28.1 Å². The van der Waals surface area contributed by atoms with Gasteiger partial charge in [0.25, 0.3) is 0 Å². The molecule has 8 aromatic carbocycles. The van der Waals surface area contributed by atoms with Crippen molar-refractivity contribution >= 4 is 76.7 Å². The van der Waals surface area contributed by atoms with E-state index in [1.165, 1.54) is 44.5 Å². The zero-order chi connectivity index (χ0) is 39.5. The number of pyridine rings is 2.